The van der Waals surface area contributed by atoms with Crippen molar-refractivity contribution in [2.45, 2.75) is 25.6 Å². The monoisotopic (exact) mass is 390 g/mol. The number of hydrogen-bond donors (Lipinski definition) is 3. The van der Waals surface area contributed by atoms with Gasteiger partial charge in [0.1, 0.15) is 12.0 Å². The number of rotatable bonds is 4. The Morgan fingerprint density at radius 3 is 2.97 bits per heavy atom. The van der Waals surface area contributed by atoms with Crippen LogP contribution in [0, 0.1) is 35.5 Å². The van der Waals surface area contributed by atoms with Crippen LogP contribution in [0.1, 0.15) is 29.3 Å². The Labute approximate surface area is 168 Å². The van der Waals surface area contributed by atoms with Gasteiger partial charge >= 0.3 is 7.12 Å². The summed E-state index contributed by atoms with van der Waals surface area (Å²) in [5, 5.41) is 35.2. The molecule has 3 atom stereocenters. The Balaban J connectivity index is 1.55. The van der Waals surface area contributed by atoms with E-state index in [9.17, 15) is 15.5 Å². The Hall–Kier alpha value is -3.18. The molecule has 2 aromatic rings. The minimum atomic E-state index is -1.20. The third kappa shape index (κ3) is 3.74. The van der Waals surface area contributed by atoms with Crippen LogP contribution in [0.2, 0.25) is 0 Å². The van der Waals surface area contributed by atoms with Crippen LogP contribution in [-0.4, -0.2) is 41.4 Å². The molecule has 1 aromatic carbocycles. The second-order valence-corrected chi connectivity index (χ2v) is 7.01. The summed E-state index contributed by atoms with van der Waals surface area (Å²) in [5.41, 5.74) is 2.32. The minimum Gasteiger partial charge on any atom is -0.423 e. The third-order valence-corrected chi connectivity index (χ3v) is 5.13. The van der Waals surface area contributed by atoms with Gasteiger partial charge in [0, 0.05) is 29.4 Å². The second-order valence-electron chi connectivity index (χ2n) is 7.01. The first-order valence-corrected chi connectivity index (χ1v) is 9.31. The zero-order valence-corrected chi connectivity index (χ0v) is 15.8. The quantitative estimate of drug-likeness (QED) is 0.648. The number of anilines is 2. The number of benzene rings is 1. The number of hydrogen-bond acceptors (Lipinski definition) is 9. The van der Waals surface area contributed by atoms with Crippen molar-refractivity contribution in [3.8, 4) is 12.1 Å². The highest BCUT2D eigenvalue weighted by Gasteiger charge is 2.37. The summed E-state index contributed by atoms with van der Waals surface area (Å²) in [5.74, 6) is 0.748. The summed E-state index contributed by atoms with van der Waals surface area (Å²) in [4.78, 5) is 8.80. The molecule has 2 aliphatic rings. The second kappa shape index (κ2) is 8.06. The van der Waals surface area contributed by atoms with Crippen molar-refractivity contribution in [2.75, 3.05) is 23.8 Å². The molecule has 0 radical (unpaired) electrons. The molecule has 1 saturated heterocycles. The fraction of sp³-hybridized carbons (Fsp3) is 0.368. The van der Waals surface area contributed by atoms with E-state index in [0.717, 1.165) is 5.56 Å². The molecule has 29 heavy (non-hydrogen) atoms. The van der Waals surface area contributed by atoms with E-state index >= 15 is 0 Å². The molecule has 1 unspecified atom stereocenters. The van der Waals surface area contributed by atoms with Crippen molar-refractivity contribution in [1.29, 1.82) is 10.5 Å². The number of fused-ring (bicyclic) bond motifs is 1. The number of aryl methyl sites for hydroxylation is 1. The molecule has 0 amide bonds. The highest BCUT2D eigenvalue weighted by atomic mass is 16.5. The van der Waals surface area contributed by atoms with Crippen LogP contribution in [0.4, 0.5) is 11.8 Å². The molecule has 1 fully saturated rings. The minimum absolute atomic E-state index is 0.154. The molecule has 3 N–H and O–H groups in total. The van der Waals surface area contributed by atoms with Crippen LogP contribution >= 0.6 is 0 Å². The van der Waals surface area contributed by atoms with Gasteiger partial charge in [0.15, 0.2) is 0 Å². The van der Waals surface area contributed by atoms with E-state index < -0.39 is 13.3 Å². The van der Waals surface area contributed by atoms with E-state index in [1.807, 2.05) is 6.92 Å². The summed E-state index contributed by atoms with van der Waals surface area (Å²) < 4.78 is 11.1. The van der Waals surface area contributed by atoms with E-state index in [-0.39, 0.29) is 12.0 Å². The first-order valence-electron chi connectivity index (χ1n) is 9.31. The summed E-state index contributed by atoms with van der Waals surface area (Å²) in [6, 6.07) is 9.39. The molecule has 0 aliphatic carbocycles. The summed E-state index contributed by atoms with van der Waals surface area (Å²) in [6.45, 7) is 2.89. The van der Waals surface area contributed by atoms with Crippen LogP contribution in [0.3, 0.4) is 0 Å². The first kappa shape index (κ1) is 19.2. The van der Waals surface area contributed by atoms with Crippen LogP contribution in [0.25, 0.3) is 0 Å². The number of nitrogens with zero attached hydrogens (tertiary/aromatic N) is 4. The van der Waals surface area contributed by atoms with E-state index in [2.05, 4.69) is 32.7 Å². The van der Waals surface area contributed by atoms with Gasteiger partial charge in [-0.25, -0.2) is 4.98 Å². The first-order chi connectivity index (χ1) is 14.1. The van der Waals surface area contributed by atoms with Gasteiger partial charge in [-0.15, -0.1) is 0 Å². The molecular weight excluding hydrogens is 371 g/mol. The molecule has 2 aliphatic heterocycles. The lowest BCUT2D eigenvalue weighted by Crippen LogP contribution is -2.38. The maximum atomic E-state index is 10.2. The van der Waals surface area contributed by atoms with Crippen LogP contribution in [0.5, 0.6) is 0 Å². The van der Waals surface area contributed by atoms with Crippen molar-refractivity contribution in [3.63, 3.8) is 0 Å². The summed E-state index contributed by atoms with van der Waals surface area (Å²) >= 11 is 0. The molecule has 0 bridgehead atoms. The Morgan fingerprint density at radius 2 is 2.17 bits per heavy atom. The molecule has 10 heteroatoms. The predicted octanol–water partition coefficient (Wildman–Crippen LogP) is 0.826. The van der Waals surface area contributed by atoms with E-state index in [1.54, 1.807) is 24.4 Å². The highest BCUT2D eigenvalue weighted by molar-refractivity contribution is 6.62. The average molecular weight is 390 g/mol. The third-order valence-electron chi connectivity index (χ3n) is 5.13. The van der Waals surface area contributed by atoms with E-state index in [4.69, 9.17) is 9.39 Å². The Kier molecular flexibility index (Phi) is 5.32. The summed E-state index contributed by atoms with van der Waals surface area (Å²) in [7, 11) is -1.20. The zero-order valence-electron chi connectivity index (χ0n) is 15.8. The zero-order chi connectivity index (χ0) is 20.4. The fourth-order valence-electron chi connectivity index (χ4n) is 3.55. The lowest BCUT2D eigenvalue weighted by atomic mass is 9.76. The van der Waals surface area contributed by atoms with Gasteiger partial charge in [-0.2, -0.15) is 15.5 Å². The smallest absolute Gasteiger partial charge is 0.423 e. The van der Waals surface area contributed by atoms with Crippen molar-refractivity contribution < 1.29 is 14.4 Å². The molecular formula is C19H19BN6O3. The molecule has 0 saturated carbocycles. The van der Waals surface area contributed by atoms with Gasteiger partial charge in [0.2, 0.25) is 5.95 Å². The number of aromatic nitrogens is 2. The van der Waals surface area contributed by atoms with Gasteiger partial charge < -0.3 is 25.0 Å². The Morgan fingerprint density at radius 1 is 1.31 bits per heavy atom. The van der Waals surface area contributed by atoms with Crippen LogP contribution in [0.15, 0.2) is 24.4 Å². The lowest BCUT2D eigenvalue weighted by Gasteiger charge is -2.28. The topological polar surface area (TPSA) is 136 Å². The SMILES string of the molecule is Cc1cnc(NC2OB(O)c3c(C#N)cccc32)nc1N[C@@H]1COCC[C@H]1C#N. The van der Waals surface area contributed by atoms with Crippen molar-refractivity contribution in [2.24, 2.45) is 5.92 Å². The fourth-order valence-corrected chi connectivity index (χ4v) is 3.55. The number of nitrogens with one attached hydrogen (secondary N) is 2. The van der Waals surface area contributed by atoms with Gasteiger partial charge in [-0.05, 0) is 19.4 Å². The Bertz CT molecular complexity index is 1000. The van der Waals surface area contributed by atoms with Crippen molar-refractivity contribution >= 4 is 24.3 Å². The largest absolute Gasteiger partial charge is 0.494 e. The standard InChI is InChI=1S/C19H19BN6O3/c1-11-9-23-19(25-17(11)24-15-10-28-6-5-12(15)7-21)26-18-14-4-2-3-13(8-22)16(14)20(27)29-18/h2-4,9,12,15,18,27H,5-6,10H2,1H3,(H2,23,24,25,26)/t12-,15+,18?/m0/s1. The molecule has 0 spiro atoms. The summed E-state index contributed by atoms with van der Waals surface area (Å²) in [6.07, 6.45) is 1.66. The lowest BCUT2D eigenvalue weighted by molar-refractivity contribution is 0.0698. The van der Waals surface area contributed by atoms with E-state index in [1.165, 1.54) is 0 Å². The molecule has 9 nitrogen and oxygen atoms in total. The highest BCUT2D eigenvalue weighted by Crippen LogP contribution is 2.27. The van der Waals surface area contributed by atoms with Crippen LogP contribution in [-0.2, 0) is 9.39 Å². The van der Waals surface area contributed by atoms with Gasteiger partial charge in [-0.3, -0.25) is 0 Å². The maximum Gasteiger partial charge on any atom is 0.494 e. The van der Waals surface area contributed by atoms with E-state index in [0.29, 0.717) is 48.0 Å². The van der Waals surface area contributed by atoms with Crippen molar-refractivity contribution in [3.05, 3.63) is 41.1 Å². The number of nitriles is 2. The maximum absolute atomic E-state index is 10.2. The van der Waals surface area contributed by atoms with Gasteiger partial charge in [0.05, 0.1) is 36.3 Å². The molecule has 3 heterocycles. The van der Waals surface area contributed by atoms with Gasteiger partial charge in [-0.1, -0.05) is 12.1 Å². The number of ether oxygens (including phenoxy) is 1. The predicted molar refractivity (Wildman–Crippen MR) is 105 cm³/mol. The van der Waals surface area contributed by atoms with Crippen LogP contribution < -0.4 is 16.1 Å². The van der Waals surface area contributed by atoms with Crippen molar-refractivity contribution in [1.82, 2.24) is 9.97 Å². The molecule has 146 valence electrons. The van der Waals surface area contributed by atoms with Gasteiger partial charge in [0.25, 0.3) is 0 Å². The normalized spacial score (nSPS) is 23.0. The molecule has 4 rings (SSSR count). The molecule has 1 aromatic heterocycles. The average Bonchev–Trinajstić information content (AvgIpc) is 3.06.